The molecule has 0 amide bonds. The Labute approximate surface area is 90.2 Å². The van der Waals surface area contributed by atoms with Gasteiger partial charge in [-0.3, -0.25) is 9.59 Å². The summed E-state index contributed by atoms with van der Waals surface area (Å²) in [5, 5.41) is 0. The van der Waals surface area contributed by atoms with Crippen LogP contribution in [0.5, 0.6) is 0 Å². The molecule has 3 aliphatic carbocycles. The van der Waals surface area contributed by atoms with E-state index in [9.17, 15) is 9.59 Å². The van der Waals surface area contributed by atoms with Gasteiger partial charge < -0.3 is 4.74 Å². The molecule has 1 atom stereocenters. The second kappa shape index (κ2) is 4.33. The van der Waals surface area contributed by atoms with Crippen LogP contribution in [0.15, 0.2) is 0 Å². The van der Waals surface area contributed by atoms with Gasteiger partial charge in [0.2, 0.25) is 0 Å². The second-order valence-electron chi connectivity index (χ2n) is 4.66. The molecule has 3 aliphatic rings. The number of esters is 1. The van der Waals surface area contributed by atoms with Crippen molar-refractivity contribution in [2.75, 3.05) is 6.61 Å². The number of carbonyl (C=O) groups excluding carboxylic acids is 2. The lowest BCUT2D eigenvalue weighted by Gasteiger charge is -2.20. The average Bonchev–Trinajstić information content (AvgIpc) is 2.49. The molecule has 0 radical (unpaired) electrons. The van der Waals surface area contributed by atoms with Gasteiger partial charge in [-0.15, -0.1) is 0 Å². The molecular formula is C12H18O3. The molecule has 1 unspecified atom stereocenters. The van der Waals surface area contributed by atoms with Crippen LogP contribution in [0.4, 0.5) is 0 Å². The van der Waals surface area contributed by atoms with E-state index in [4.69, 9.17) is 4.74 Å². The van der Waals surface area contributed by atoms with E-state index in [1.807, 2.05) is 0 Å². The number of ether oxygens (including phenoxy) is 1. The molecule has 0 spiro atoms. The van der Waals surface area contributed by atoms with E-state index in [0.29, 0.717) is 12.5 Å². The Morgan fingerprint density at radius 3 is 2.60 bits per heavy atom. The van der Waals surface area contributed by atoms with Crippen LogP contribution in [0.1, 0.15) is 39.0 Å². The minimum absolute atomic E-state index is 0.137. The third-order valence-corrected chi connectivity index (χ3v) is 3.73. The Hall–Kier alpha value is -0.860. The number of ketones is 1. The zero-order valence-corrected chi connectivity index (χ0v) is 9.20. The van der Waals surface area contributed by atoms with Gasteiger partial charge in [-0.1, -0.05) is 0 Å². The van der Waals surface area contributed by atoms with Gasteiger partial charge in [-0.2, -0.15) is 0 Å². The first-order valence-corrected chi connectivity index (χ1v) is 5.92. The van der Waals surface area contributed by atoms with Crippen molar-refractivity contribution in [3.05, 3.63) is 0 Å². The third-order valence-electron chi connectivity index (χ3n) is 3.73. The van der Waals surface area contributed by atoms with E-state index in [1.54, 1.807) is 6.92 Å². The van der Waals surface area contributed by atoms with Crippen LogP contribution in [0.3, 0.4) is 0 Å². The molecule has 0 aromatic carbocycles. The van der Waals surface area contributed by atoms with Gasteiger partial charge in [-0.05, 0) is 44.9 Å². The molecule has 0 N–H and O–H groups in total. The summed E-state index contributed by atoms with van der Waals surface area (Å²) in [6.45, 7) is 2.16. The van der Waals surface area contributed by atoms with E-state index in [-0.39, 0.29) is 17.7 Å². The predicted molar refractivity (Wildman–Crippen MR) is 55.2 cm³/mol. The second-order valence-corrected chi connectivity index (χ2v) is 4.66. The highest BCUT2D eigenvalue weighted by Gasteiger charge is 2.41. The Morgan fingerprint density at radius 2 is 2.00 bits per heavy atom. The smallest absolute Gasteiger partial charge is 0.316 e. The molecule has 0 heterocycles. The molecular weight excluding hydrogens is 192 g/mol. The maximum atomic E-state index is 12.0. The Bertz CT molecular complexity index is 264. The lowest BCUT2D eigenvalue weighted by atomic mass is 9.84. The van der Waals surface area contributed by atoms with E-state index in [0.717, 1.165) is 32.1 Å². The van der Waals surface area contributed by atoms with Crippen LogP contribution >= 0.6 is 0 Å². The van der Waals surface area contributed by atoms with Crippen molar-refractivity contribution < 1.29 is 14.3 Å². The van der Waals surface area contributed by atoms with Crippen molar-refractivity contribution in [2.45, 2.75) is 39.0 Å². The number of hydrogen-bond donors (Lipinski definition) is 0. The van der Waals surface area contributed by atoms with Crippen LogP contribution in [-0.4, -0.2) is 18.4 Å². The van der Waals surface area contributed by atoms with Crippen molar-refractivity contribution in [3.63, 3.8) is 0 Å². The van der Waals surface area contributed by atoms with Crippen LogP contribution in [0.2, 0.25) is 0 Å². The molecule has 3 nitrogen and oxygen atoms in total. The van der Waals surface area contributed by atoms with E-state index in [2.05, 4.69) is 0 Å². The fraction of sp³-hybridized carbons (Fsp3) is 0.833. The van der Waals surface area contributed by atoms with Crippen LogP contribution < -0.4 is 0 Å². The number of hydrogen-bond acceptors (Lipinski definition) is 3. The molecule has 0 aromatic heterocycles. The number of rotatable bonds is 2. The maximum Gasteiger partial charge on any atom is 0.316 e. The van der Waals surface area contributed by atoms with Gasteiger partial charge in [-0.25, -0.2) is 0 Å². The number of fused-ring (bicyclic) bond motifs is 4. The fourth-order valence-corrected chi connectivity index (χ4v) is 2.87. The molecule has 0 aliphatic heterocycles. The van der Waals surface area contributed by atoms with Gasteiger partial charge >= 0.3 is 5.97 Å². The Balaban J connectivity index is 2.11. The summed E-state index contributed by atoms with van der Waals surface area (Å²) in [5.74, 6) is 0.111. The van der Waals surface area contributed by atoms with Crippen molar-refractivity contribution in [2.24, 2.45) is 17.8 Å². The quantitative estimate of drug-likeness (QED) is 0.517. The van der Waals surface area contributed by atoms with Gasteiger partial charge in [0.05, 0.1) is 6.61 Å². The van der Waals surface area contributed by atoms with Crippen LogP contribution in [0, 0.1) is 17.8 Å². The molecule has 3 heteroatoms. The van der Waals surface area contributed by atoms with Gasteiger partial charge in [0, 0.05) is 5.92 Å². The molecule has 15 heavy (non-hydrogen) atoms. The fourth-order valence-electron chi connectivity index (χ4n) is 2.87. The van der Waals surface area contributed by atoms with Crippen molar-refractivity contribution in [1.82, 2.24) is 0 Å². The van der Waals surface area contributed by atoms with Crippen molar-refractivity contribution >= 4 is 11.8 Å². The Morgan fingerprint density at radius 1 is 1.33 bits per heavy atom. The van der Waals surface area contributed by atoms with Crippen molar-refractivity contribution in [1.29, 1.82) is 0 Å². The first-order valence-electron chi connectivity index (χ1n) is 5.92. The van der Waals surface area contributed by atoms with E-state index < -0.39 is 5.92 Å². The molecule has 3 rings (SSSR count). The summed E-state index contributed by atoms with van der Waals surface area (Å²) >= 11 is 0. The molecule has 2 bridgehead atoms. The Kier molecular flexibility index (Phi) is 3.08. The lowest BCUT2D eigenvalue weighted by molar-refractivity contribution is -0.152. The number of Topliss-reactive ketones (excluding diaryl/α,β-unsaturated/α-hetero) is 1. The van der Waals surface area contributed by atoms with Crippen LogP contribution in [-0.2, 0) is 14.3 Å². The first-order chi connectivity index (χ1) is 7.22. The van der Waals surface area contributed by atoms with Gasteiger partial charge in [0.15, 0.2) is 0 Å². The lowest BCUT2D eigenvalue weighted by Crippen LogP contribution is -2.29. The topological polar surface area (TPSA) is 43.4 Å². The summed E-state index contributed by atoms with van der Waals surface area (Å²) in [7, 11) is 0. The molecule has 0 saturated heterocycles. The molecule has 0 aromatic rings. The third kappa shape index (κ3) is 2.06. The first kappa shape index (κ1) is 10.7. The predicted octanol–water partition coefficient (Wildman–Crippen LogP) is 1.94. The zero-order chi connectivity index (χ0) is 10.8. The zero-order valence-electron chi connectivity index (χ0n) is 9.20. The average molecular weight is 210 g/mol. The molecule has 3 saturated carbocycles. The summed E-state index contributed by atoms with van der Waals surface area (Å²) < 4.78 is 4.97. The summed E-state index contributed by atoms with van der Waals surface area (Å²) in [6.07, 6.45) is 4.94. The minimum atomic E-state index is -0.454. The number of carbonyl (C=O) groups is 2. The van der Waals surface area contributed by atoms with E-state index >= 15 is 0 Å². The molecule has 84 valence electrons. The summed E-state index contributed by atoms with van der Waals surface area (Å²) in [4.78, 5) is 23.7. The van der Waals surface area contributed by atoms with Gasteiger partial charge in [0.1, 0.15) is 11.7 Å². The van der Waals surface area contributed by atoms with Crippen molar-refractivity contribution in [3.8, 4) is 0 Å². The van der Waals surface area contributed by atoms with Crippen LogP contribution in [0.25, 0.3) is 0 Å². The summed E-state index contributed by atoms with van der Waals surface area (Å²) in [6, 6.07) is 0. The normalized spacial score (nSPS) is 35.0. The highest BCUT2D eigenvalue weighted by atomic mass is 16.5. The summed E-state index contributed by atoms with van der Waals surface area (Å²) in [5.41, 5.74) is 0. The van der Waals surface area contributed by atoms with E-state index in [1.165, 1.54) is 0 Å². The highest BCUT2D eigenvalue weighted by molar-refractivity contribution is 6.00. The standard InChI is InChI=1S/C12H18O3/c1-2-15-12(14)10-7-8-3-5-9(6-4-8)11(10)13/h8-10H,2-7H2,1H3. The van der Waals surface area contributed by atoms with Gasteiger partial charge in [0.25, 0.3) is 0 Å². The maximum absolute atomic E-state index is 12.0. The monoisotopic (exact) mass is 210 g/mol. The SMILES string of the molecule is CCOC(=O)C1CC2CCC(CC2)C1=O. The highest BCUT2D eigenvalue weighted by Crippen LogP contribution is 2.40. The molecule has 3 fully saturated rings. The minimum Gasteiger partial charge on any atom is -0.465 e. The largest absolute Gasteiger partial charge is 0.465 e.